The molecule has 1 aromatic carbocycles. The molecule has 0 saturated heterocycles. The topological polar surface area (TPSA) is 26.3 Å². The molecule has 70 valence electrons. The van der Waals surface area contributed by atoms with Crippen LogP contribution >= 0.6 is 23.2 Å². The summed E-state index contributed by atoms with van der Waals surface area (Å²) < 4.78 is 17.6. The van der Waals surface area contributed by atoms with E-state index in [-0.39, 0.29) is 16.3 Å². The van der Waals surface area contributed by atoms with Crippen LogP contribution in [0.25, 0.3) is 0 Å². The van der Waals surface area contributed by atoms with Gasteiger partial charge in [0.05, 0.1) is 17.7 Å². The molecule has 0 unspecified atom stereocenters. The molecule has 0 aliphatic carbocycles. The van der Waals surface area contributed by atoms with Gasteiger partial charge >= 0.3 is 0 Å². The van der Waals surface area contributed by atoms with E-state index in [2.05, 4.69) is 4.74 Å². The van der Waals surface area contributed by atoms with Crippen molar-refractivity contribution in [3.05, 3.63) is 28.5 Å². The molecular formula is C8H5Cl2FO2. The third kappa shape index (κ3) is 2.11. The maximum atomic E-state index is 13.0. The highest BCUT2D eigenvalue weighted by Gasteiger charge is 2.12. The van der Waals surface area contributed by atoms with E-state index >= 15 is 0 Å². The van der Waals surface area contributed by atoms with E-state index in [0.29, 0.717) is 0 Å². The fraction of sp³-hybridized carbons (Fsp3) is 0.125. The molecule has 0 saturated carbocycles. The lowest BCUT2D eigenvalue weighted by atomic mass is 10.2. The van der Waals surface area contributed by atoms with Crippen molar-refractivity contribution in [2.24, 2.45) is 0 Å². The molecule has 0 aromatic heterocycles. The average molecular weight is 223 g/mol. The summed E-state index contributed by atoms with van der Waals surface area (Å²) >= 11 is 10.8. The summed E-state index contributed by atoms with van der Waals surface area (Å²) in [4.78, 5) is 10.7. The molecule has 0 bridgehead atoms. The lowest BCUT2D eigenvalue weighted by Crippen LogP contribution is -1.95. The van der Waals surface area contributed by atoms with Crippen molar-refractivity contribution < 1.29 is 13.9 Å². The Morgan fingerprint density at radius 2 is 2.15 bits per heavy atom. The van der Waals surface area contributed by atoms with E-state index in [0.717, 1.165) is 6.07 Å². The van der Waals surface area contributed by atoms with Gasteiger partial charge in [-0.1, -0.05) is 11.6 Å². The predicted octanol–water partition coefficient (Wildman–Crippen LogP) is 2.87. The Morgan fingerprint density at radius 3 is 2.62 bits per heavy atom. The minimum Gasteiger partial charge on any atom is -0.494 e. The van der Waals surface area contributed by atoms with Crippen LogP contribution in [0, 0.1) is 5.82 Å². The normalized spacial score (nSPS) is 9.85. The molecule has 0 fully saturated rings. The van der Waals surface area contributed by atoms with Gasteiger partial charge in [0.25, 0.3) is 5.24 Å². The van der Waals surface area contributed by atoms with Gasteiger partial charge in [-0.2, -0.15) is 0 Å². The summed E-state index contributed by atoms with van der Waals surface area (Å²) in [6.07, 6.45) is 0. The number of rotatable bonds is 2. The van der Waals surface area contributed by atoms with E-state index in [1.54, 1.807) is 0 Å². The zero-order valence-electron chi connectivity index (χ0n) is 6.61. The highest BCUT2D eigenvalue weighted by Crippen LogP contribution is 2.26. The van der Waals surface area contributed by atoms with Crippen molar-refractivity contribution >= 4 is 28.4 Å². The number of ether oxygens (including phenoxy) is 1. The number of carbonyl (C=O) groups is 1. The fourth-order valence-corrected chi connectivity index (χ4v) is 1.28. The third-order valence-electron chi connectivity index (χ3n) is 1.45. The van der Waals surface area contributed by atoms with Crippen molar-refractivity contribution in [3.8, 4) is 5.75 Å². The van der Waals surface area contributed by atoms with Crippen molar-refractivity contribution in [2.75, 3.05) is 7.11 Å². The molecule has 2 nitrogen and oxygen atoms in total. The Bertz CT molecular complexity index is 352. The first kappa shape index (κ1) is 10.3. The van der Waals surface area contributed by atoms with E-state index in [1.807, 2.05) is 0 Å². The maximum absolute atomic E-state index is 13.0. The van der Waals surface area contributed by atoms with Crippen molar-refractivity contribution in [1.82, 2.24) is 0 Å². The molecule has 0 heterocycles. The van der Waals surface area contributed by atoms with Crippen molar-refractivity contribution in [2.45, 2.75) is 0 Å². The molecule has 0 aliphatic heterocycles. The van der Waals surface area contributed by atoms with Gasteiger partial charge in [0.15, 0.2) is 11.6 Å². The second kappa shape index (κ2) is 3.94. The molecular weight excluding hydrogens is 218 g/mol. The molecule has 0 spiro atoms. The van der Waals surface area contributed by atoms with E-state index in [9.17, 15) is 9.18 Å². The molecule has 0 amide bonds. The quantitative estimate of drug-likeness (QED) is 0.720. The van der Waals surface area contributed by atoms with Crippen LogP contribution in [0.4, 0.5) is 4.39 Å². The first-order valence-electron chi connectivity index (χ1n) is 3.29. The lowest BCUT2D eigenvalue weighted by Gasteiger charge is -2.04. The SMILES string of the molecule is COc1cc(Cl)c(C(=O)Cl)cc1F. The molecule has 1 rings (SSSR count). The van der Waals surface area contributed by atoms with Crippen LogP contribution in [0.3, 0.4) is 0 Å². The largest absolute Gasteiger partial charge is 0.494 e. The first-order chi connectivity index (χ1) is 6.06. The summed E-state index contributed by atoms with van der Waals surface area (Å²) in [5.74, 6) is -0.692. The van der Waals surface area contributed by atoms with Gasteiger partial charge in [0, 0.05) is 6.07 Å². The standard InChI is InChI=1S/C8H5Cl2FO2/c1-13-7-3-5(9)4(8(10)12)2-6(7)11/h2-3H,1H3. The predicted molar refractivity (Wildman–Crippen MR) is 48.1 cm³/mol. The second-order valence-corrected chi connectivity index (χ2v) is 2.99. The molecule has 5 heteroatoms. The Kier molecular flexibility index (Phi) is 3.12. The smallest absolute Gasteiger partial charge is 0.254 e. The van der Waals surface area contributed by atoms with Gasteiger partial charge < -0.3 is 4.74 Å². The number of halogens is 3. The number of benzene rings is 1. The van der Waals surface area contributed by atoms with Gasteiger partial charge in [-0.15, -0.1) is 0 Å². The number of hydrogen-bond acceptors (Lipinski definition) is 2. The number of carbonyl (C=O) groups excluding carboxylic acids is 1. The number of hydrogen-bond donors (Lipinski definition) is 0. The van der Waals surface area contributed by atoms with Gasteiger partial charge in [0.2, 0.25) is 0 Å². The van der Waals surface area contributed by atoms with Gasteiger partial charge in [-0.3, -0.25) is 4.79 Å². The zero-order valence-corrected chi connectivity index (χ0v) is 8.12. The van der Waals surface area contributed by atoms with Gasteiger partial charge in [-0.05, 0) is 17.7 Å². The van der Waals surface area contributed by atoms with E-state index in [4.69, 9.17) is 23.2 Å². The molecule has 0 radical (unpaired) electrons. The third-order valence-corrected chi connectivity index (χ3v) is 1.97. The van der Waals surface area contributed by atoms with E-state index in [1.165, 1.54) is 13.2 Å². The minimum absolute atomic E-state index is 0.0216. The molecule has 13 heavy (non-hydrogen) atoms. The van der Waals surface area contributed by atoms with Crippen molar-refractivity contribution in [1.29, 1.82) is 0 Å². The van der Waals surface area contributed by atoms with Crippen LogP contribution in [-0.2, 0) is 0 Å². The fourth-order valence-electron chi connectivity index (χ4n) is 0.836. The van der Waals surface area contributed by atoms with Crippen LogP contribution in [0.1, 0.15) is 10.4 Å². The van der Waals surface area contributed by atoms with Crippen molar-refractivity contribution in [3.63, 3.8) is 0 Å². The zero-order chi connectivity index (χ0) is 10.0. The molecule has 1 aromatic rings. The Balaban J connectivity index is 3.28. The molecule has 0 N–H and O–H groups in total. The minimum atomic E-state index is -0.799. The molecule has 0 aliphatic rings. The Hall–Kier alpha value is -0.800. The van der Waals surface area contributed by atoms with Crippen LogP contribution in [-0.4, -0.2) is 12.4 Å². The number of methoxy groups -OCH3 is 1. The first-order valence-corrected chi connectivity index (χ1v) is 4.04. The Labute approximate surface area is 84.2 Å². The van der Waals surface area contributed by atoms with E-state index < -0.39 is 11.1 Å². The summed E-state index contributed by atoms with van der Waals surface area (Å²) in [5.41, 5.74) is -0.0679. The average Bonchev–Trinajstić information content (AvgIpc) is 2.07. The van der Waals surface area contributed by atoms with Crippen LogP contribution in [0.5, 0.6) is 5.75 Å². The van der Waals surface area contributed by atoms with Gasteiger partial charge in [0.1, 0.15) is 0 Å². The van der Waals surface area contributed by atoms with Gasteiger partial charge in [-0.25, -0.2) is 4.39 Å². The Morgan fingerprint density at radius 1 is 1.54 bits per heavy atom. The van der Waals surface area contributed by atoms with Crippen LogP contribution in [0.15, 0.2) is 12.1 Å². The summed E-state index contributed by atoms with van der Waals surface area (Å²) in [6, 6.07) is 2.14. The monoisotopic (exact) mass is 222 g/mol. The summed E-state index contributed by atoms with van der Waals surface area (Å²) in [5, 5.41) is -0.732. The lowest BCUT2D eigenvalue weighted by molar-refractivity contribution is 0.108. The van der Waals surface area contributed by atoms with Crippen LogP contribution in [0.2, 0.25) is 5.02 Å². The highest BCUT2D eigenvalue weighted by atomic mass is 35.5. The summed E-state index contributed by atoms with van der Waals surface area (Å²) in [6.45, 7) is 0. The highest BCUT2D eigenvalue weighted by molar-refractivity contribution is 6.68. The maximum Gasteiger partial charge on any atom is 0.254 e. The summed E-state index contributed by atoms with van der Waals surface area (Å²) in [7, 11) is 1.30. The molecule has 0 atom stereocenters. The van der Waals surface area contributed by atoms with Crippen LogP contribution < -0.4 is 4.74 Å². The second-order valence-electron chi connectivity index (χ2n) is 2.24.